The number of esters is 2. The van der Waals surface area contributed by atoms with Gasteiger partial charge in [-0.05, 0) is 41.5 Å². The predicted octanol–water partition coefficient (Wildman–Crippen LogP) is 3.97. The van der Waals surface area contributed by atoms with E-state index >= 15 is 0 Å². The molecule has 1 amide bonds. The zero-order valence-corrected chi connectivity index (χ0v) is 23.8. The Hall–Kier alpha value is -4.17. The third-order valence-electron chi connectivity index (χ3n) is 6.99. The van der Waals surface area contributed by atoms with E-state index in [1.165, 1.54) is 47.9 Å². The number of hydrogen-bond donors (Lipinski definition) is 0. The van der Waals surface area contributed by atoms with Gasteiger partial charge in [0.25, 0.3) is 11.6 Å². The van der Waals surface area contributed by atoms with Crippen molar-refractivity contribution >= 4 is 51.2 Å². The Kier molecular flexibility index (Phi) is 6.82. The molecule has 210 valence electrons. The maximum absolute atomic E-state index is 13.6. The van der Waals surface area contributed by atoms with E-state index in [1.807, 2.05) is 16.8 Å². The number of aromatic nitrogens is 2. The first-order valence-electron chi connectivity index (χ1n) is 12.4. The molecule has 12 nitrogen and oxygen atoms in total. The van der Waals surface area contributed by atoms with Crippen LogP contribution in [0.25, 0.3) is 0 Å². The Morgan fingerprint density at radius 1 is 1.27 bits per heavy atom. The Labute approximate surface area is 245 Å². The fraction of sp³-hybridized carbons (Fsp3) is 0.259. The van der Waals surface area contributed by atoms with Gasteiger partial charge in [0.15, 0.2) is 10.4 Å². The number of nitro benzene ring substituents is 1. The summed E-state index contributed by atoms with van der Waals surface area (Å²) in [5.74, 6) is -1.08. The fourth-order valence-electron chi connectivity index (χ4n) is 4.95. The van der Waals surface area contributed by atoms with Crippen LogP contribution in [0, 0.1) is 10.1 Å². The molecule has 41 heavy (non-hydrogen) atoms. The van der Waals surface area contributed by atoms with Crippen LogP contribution in [0.3, 0.4) is 0 Å². The van der Waals surface area contributed by atoms with Crippen LogP contribution in [0.2, 0.25) is 0 Å². The standard InChI is InChI=1S/C27H21BrN4O8S/c1-15(33)40-23(17-4-7-22-18(10-17)11-30-20(13-38-22)8-9-29-30)27(28)25(35)31-21(14-41-26(27)31)24(34)39-12-16-2-5-19(6-3-16)32(36)37/h2-10,14,23,26H,11-13H2,1H3. The van der Waals surface area contributed by atoms with Gasteiger partial charge in [0.1, 0.15) is 30.0 Å². The summed E-state index contributed by atoms with van der Waals surface area (Å²) in [5.41, 5.74) is 2.86. The normalized spacial score (nSPS) is 21.2. The number of β-lactam (4-membered cyclic amide) rings is 1. The average molecular weight is 641 g/mol. The van der Waals surface area contributed by atoms with Gasteiger partial charge in [0, 0.05) is 36.2 Å². The number of halogens is 1. The quantitative estimate of drug-likeness (QED) is 0.122. The molecule has 0 radical (unpaired) electrons. The Bertz CT molecular complexity index is 1620. The second-order valence-electron chi connectivity index (χ2n) is 9.56. The molecule has 6 rings (SSSR count). The molecular formula is C27H21BrN4O8S. The first-order valence-corrected chi connectivity index (χ1v) is 14.1. The number of carbonyl (C=O) groups is 3. The number of amides is 1. The summed E-state index contributed by atoms with van der Waals surface area (Å²) >= 11 is 4.83. The number of fused-ring (bicyclic) bond motifs is 3. The highest BCUT2D eigenvalue weighted by molar-refractivity contribution is 9.10. The lowest BCUT2D eigenvalue weighted by atomic mass is 9.86. The van der Waals surface area contributed by atoms with Crippen molar-refractivity contribution in [1.82, 2.24) is 14.7 Å². The molecule has 3 unspecified atom stereocenters. The molecule has 0 aliphatic carbocycles. The van der Waals surface area contributed by atoms with Crippen molar-refractivity contribution in [1.29, 1.82) is 0 Å². The van der Waals surface area contributed by atoms with Crippen molar-refractivity contribution in [2.75, 3.05) is 0 Å². The van der Waals surface area contributed by atoms with E-state index in [9.17, 15) is 24.5 Å². The summed E-state index contributed by atoms with van der Waals surface area (Å²) < 4.78 is 17.5. The number of ether oxygens (including phenoxy) is 3. The van der Waals surface area contributed by atoms with Crippen LogP contribution < -0.4 is 4.74 Å². The molecule has 0 spiro atoms. The van der Waals surface area contributed by atoms with Gasteiger partial charge >= 0.3 is 11.9 Å². The Morgan fingerprint density at radius 2 is 2.05 bits per heavy atom. The van der Waals surface area contributed by atoms with Crippen molar-refractivity contribution in [3.63, 3.8) is 0 Å². The molecule has 2 aromatic carbocycles. The third kappa shape index (κ3) is 4.66. The maximum Gasteiger partial charge on any atom is 0.355 e. The van der Waals surface area contributed by atoms with Crippen molar-refractivity contribution in [3.8, 4) is 5.75 Å². The topological polar surface area (TPSA) is 143 Å². The molecule has 3 atom stereocenters. The lowest BCUT2D eigenvalue weighted by molar-refractivity contribution is -0.384. The lowest BCUT2D eigenvalue weighted by Gasteiger charge is -2.51. The maximum atomic E-state index is 13.6. The van der Waals surface area contributed by atoms with Crippen molar-refractivity contribution < 1.29 is 33.5 Å². The predicted molar refractivity (Wildman–Crippen MR) is 147 cm³/mol. The number of nitro groups is 1. The molecule has 3 aliphatic heterocycles. The van der Waals surface area contributed by atoms with Crippen LogP contribution in [0.5, 0.6) is 5.75 Å². The van der Waals surface area contributed by atoms with Crippen LogP contribution in [0.15, 0.2) is 65.8 Å². The van der Waals surface area contributed by atoms with Crippen molar-refractivity contribution in [3.05, 3.63) is 98.3 Å². The fourth-order valence-corrected chi connectivity index (χ4v) is 7.25. The molecule has 0 saturated carbocycles. The minimum atomic E-state index is -1.35. The highest BCUT2D eigenvalue weighted by atomic mass is 79.9. The Balaban J connectivity index is 1.20. The van der Waals surface area contributed by atoms with E-state index < -0.39 is 38.6 Å². The average Bonchev–Trinajstić information content (AvgIpc) is 3.55. The molecule has 1 fully saturated rings. The van der Waals surface area contributed by atoms with E-state index in [0.29, 0.717) is 30.0 Å². The van der Waals surface area contributed by atoms with E-state index in [1.54, 1.807) is 23.7 Å². The summed E-state index contributed by atoms with van der Waals surface area (Å²) in [5, 5.41) is 16.1. The SMILES string of the molecule is CC(=O)OC(c1ccc2c(c1)Cn1nccc1CO2)C1(Br)C(=O)N2C(C(=O)OCc3ccc([N+](=O)[O-])cc3)=CSC21. The minimum Gasteiger partial charge on any atom is -0.487 e. The number of thioether (sulfide) groups is 1. The van der Waals surface area contributed by atoms with Crippen LogP contribution in [-0.4, -0.2) is 47.1 Å². The highest BCUT2D eigenvalue weighted by Gasteiger charge is 2.69. The second kappa shape index (κ2) is 10.3. The summed E-state index contributed by atoms with van der Waals surface area (Å²) in [6.07, 6.45) is 0.694. The van der Waals surface area contributed by atoms with Crippen molar-refractivity contribution in [2.24, 2.45) is 0 Å². The zero-order valence-electron chi connectivity index (χ0n) is 21.4. The molecule has 1 aromatic heterocycles. The molecule has 1 saturated heterocycles. The number of benzene rings is 2. The van der Waals surface area contributed by atoms with Gasteiger partial charge in [-0.15, -0.1) is 11.8 Å². The van der Waals surface area contributed by atoms with Gasteiger partial charge in [0.05, 0.1) is 17.2 Å². The van der Waals surface area contributed by atoms with Gasteiger partial charge in [-0.3, -0.25) is 29.3 Å². The summed E-state index contributed by atoms with van der Waals surface area (Å²) in [4.78, 5) is 50.4. The van der Waals surface area contributed by atoms with Crippen LogP contribution >= 0.6 is 27.7 Å². The molecule has 3 aromatic rings. The van der Waals surface area contributed by atoms with Crippen molar-refractivity contribution in [2.45, 2.75) is 42.5 Å². The molecule has 0 bridgehead atoms. The minimum absolute atomic E-state index is 0.0603. The van der Waals surface area contributed by atoms with E-state index in [-0.39, 0.29) is 18.0 Å². The van der Waals surface area contributed by atoms with E-state index in [4.69, 9.17) is 14.2 Å². The monoisotopic (exact) mass is 640 g/mol. The number of carbonyl (C=O) groups excluding carboxylic acids is 3. The first-order chi connectivity index (χ1) is 19.7. The lowest BCUT2D eigenvalue weighted by Crippen LogP contribution is -2.70. The van der Waals surface area contributed by atoms with E-state index in [2.05, 4.69) is 21.0 Å². The van der Waals surface area contributed by atoms with Crippen LogP contribution in [0.4, 0.5) is 5.69 Å². The molecule has 4 heterocycles. The van der Waals surface area contributed by atoms with Gasteiger partial charge in [0.2, 0.25) is 0 Å². The molecular weight excluding hydrogens is 620 g/mol. The molecule has 0 N–H and O–H groups in total. The highest BCUT2D eigenvalue weighted by Crippen LogP contribution is 2.58. The zero-order chi connectivity index (χ0) is 28.9. The number of alkyl halides is 1. The number of non-ortho nitro benzene ring substituents is 1. The van der Waals surface area contributed by atoms with Gasteiger partial charge in [-0.2, -0.15) is 5.10 Å². The van der Waals surface area contributed by atoms with Gasteiger partial charge in [-0.25, -0.2) is 4.79 Å². The molecule has 14 heteroatoms. The molecule has 3 aliphatic rings. The summed E-state index contributed by atoms with van der Waals surface area (Å²) in [6, 6.07) is 12.9. The van der Waals surface area contributed by atoms with E-state index in [0.717, 1.165) is 11.3 Å². The van der Waals surface area contributed by atoms with Crippen LogP contribution in [0.1, 0.15) is 35.4 Å². The number of hydrogen-bond acceptors (Lipinski definition) is 10. The number of nitrogens with zero attached hydrogens (tertiary/aromatic N) is 4. The number of rotatable bonds is 7. The second-order valence-corrected chi connectivity index (χ2v) is 11.8. The third-order valence-corrected chi connectivity index (χ3v) is 9.68. The van der Waals surface area contributed by atoms with Gasteiger partial charge < -0.3 is 14.2 Å². The first kappa shape index (κ1) is 27.0. The largest absolute Gasteiger partial charge is 0.487 e. The smallest absolute Gasteiger partial charge is 0.355 e. The summed E-state index contributed by atoms with van der Waals surface area (Å²) in [6.45, 7) is 1.95. The van der Waals surface area contributed by atoms with Gasteiger partial charge in [-0.1, -0.05) is 22.0 Å². The summed E-state index contributed by atoms with van der Waals surface area (Å²) in [7, 11) is 0. The Morgan fingerprint density at radius 3 is 2.78 bits per heavy atom. The van der Waals surface area contributed by atoms with Crippen LogP contribution in [-0.2, 0) is 43.6 Å².